The normalized spacial score (nSPS) is 20.9. The summed E-state index contributed by atoms with van der Waals surface area (Å²) in [6, 6.07) is 10.4. The van der Waals surface area contributed by atoms with E-state index in [-0.39, 0.29) is 23.8 Å². The van der Waals surface area contributed by atoms with E-state index in [4.69, 9.17) is 4.42 Å². The average molecular weight is 366 g/mol. The third-order valence-electron chi connectivity index (χ3n) is 5.90. The predicted molar refractivity (Wildman–Crippen MR) is 102 cm³/mol. The number of rotatable bonds is 3. The number of piperidine rings is 1. The van der Waals surface area contributed by atoms with Crippen LogP contribution in [0.2, 0.25) is 0 Å². The van der Waals surface area contributed by atoms with Gasteiger partial charge in [0.15, 0.2) is 0 Å². The first-order valence-corrected chi connectivity index (χ1v) is 9.82. The van der Waals surface area contributed by atoms with Gasteiger partial charge in [-0.05, 0) is 44.2 Å². The number of benzene rings is 1. The average Bonchev–Trinajstić information content (AvgIpc) is 3.40. The maximum absolute atomic E-state index is 13.2. The van der Waals surface area contributed by atoms with Crippen LogP contribution in [0.4, 0.5) is 0 Å². The smallest absolute Gasteiger partial charge is 0.257 e. The van der Waals surface area contributed by atoms with Crippen LogP contribution in [0.3, 0.4) is 0 Å². The molecule has 27 heavy (non-hydrogen) atoms. The molecule has 2 fully saturated rings. The van der Waals surface area contributed by atoms with Crippen molar-refractivity contribution in [3.05, 3.63) is 59.5 Å². The molecular formula is C22H26N2O3. The van der Waals surface area contributed by atoms with E-state index in [1.165, 1.54) is 23.7 Å². The summed E-state index contributed by atoms with van der Waals surface area (Å²) in [4.78, 5) is 29.5. The minimum absolute atomic E-state index is 0.00615. The molecule has 2 aliphatic rings. The van der Waals surface area contributed by atoms with E-state index >= 15 is 0 Å². The molecule has 0 bridgehead atoms. The molecule has 0 spiro atoms. The Balaban J connectivity index is 1.38. The summed E-state index contributed by atoms with van der Waals surface area (Å²) in [6.45, 7) is 4.18. The van der Waals surface area contributed by atoms with Crippen LogP contribution >= 0.6 is 0 Å². The van der Waals surface area contributed by atoms with Crippen LogP contribution in [0.1, 0.15) is 53.2 Å². The minimum Gasteiger partial charge on any atom is -0.472 e. The van der Waals surface area contributed by atoms with Gasteiger partial charge in [-0.15, -0.1) is 0 Å². The summed E-state index contributed by atoms with van der Waals surface area (Å²) < 4.78 is 5.01. The van der Waals surface area contributed by atoms with Crippen molar-refractivity contribution in [1.82, 2.24) is 9.80 Å². The third kappa shape index (κ3) is 3.64. The fourth-order valence-electron chi connectivity index (χ4n) is 4.30. The summed E-state index contributed by atoms with van der Waals surface area (Å²) in [5, 5.41) is 0. The van der Waals surface area contributed by atoms with Crippen molar-refractivity contribution in [2.45, 2.75) is 38.6 Å². The van der Waals surface area contributed by atoms with E-state index in [0.29, 0.717) is 18.7 Å². The van der Waals surface area contributed by atoms with Crippen LogP contribution in [0.25, 0.3) is 0 Å². The van der Waals surface area contributed by atoms with Gasteiger partial charge >= 0.3 is 0 Å². The molecule has 5 heteroatoms. The van der Waals surface area contributed by atoms with Crippen LogP contribution in [0.15, 0.2) is 47.3 Å². The highest BCUT2D eigenvalue weighted by molar-refractivity contribution is 5.94. The molecule has 1 atom stereocenters. The summed E-state index contributed by atoms with van der Waals surface area (Å²) in [5.74, 6) is 0.270. The van der Waals surface area contributed by atoms with Crippen LogP contribution in [-0.2, 0) is 4.79 Å². The number of likely N-dealkylation sites (tertiary alicyclic amines) is 2. The number of hydrogen-bond acceptors (Lipinski definition) is 3. The van der Waals surface area contributed by atoms with Crippen LogP contribution < -0.4 is 0 Å². The number of amides is 2. The molecule has 2 saturated heterocycles. The number of furan rings is 1. The van der Waals surface area contributed by atoms with Crippen LogP contribution in [-0.4, -0.2) is 41.2 Å². The minimum atomic E-state index is -0.00615. The van der Waals surface area contributed by atoms with Gasteiger partial charge in [-0.1, -0.05) is 29.8 Å². The van der Waals surface area contributed by atoms with Crippen molar-refractivity contribution in [3.63, 3.8) is 0 Å². The fourth-order valence-corrected chi connectivity index (χ4v) is 4.30. The first-order valence-electron chi connectivity index (χ1n) is 9.82. The maximum Gasteiger partial charge on any atom is 0.257 e. The second-order valence-corrected chi connectivity index (χ2v) is 7.68. The largest absolute Gasteiger partial charge is 0.472 e. The van der Waals surface area contributed by atoms with E-state index in [0.717, 1.165) is 32.2 Å². The first kappa shape index (κ1) is 17.8. The van der Waals surface area contributed by atoms with Gasteiger partial charge in [0, 0.05) is 25.6 Å². The van der Waals surface area contributed by atoms with E-state index in [1.54, 1.807) is 6.07 Å². The molecule has 0 N–H and O–H groups in total. The number of carbonyl (C=O) groups excluding carboxylic acids is 2. The molecule has 0 saturated carbocycles. The Bertz CT molecular complexity index is 789. The molecule has 0 aliphatic carbocycles. The lowest BCUT2D eigenvalue weighted by Crippen LogP contribution is -2.44. The van der Waals surface area contributed by atoms with Crippen molar-refractivity contribution in [2.24, 2.45) is 5.92 Å². The Hall–Kier alpha value is -2.56. The highest BCUT2D eigenvalue weighted by atomic mass is 16.3. The predicted octanol–water partition coefficient (Wildman–Crippen LogP) is 3.80. The van der Waals surface area contributed by atoms with E-state index in [9.17, 15) is 9.59 Å². The van der Waals surface area contributed by atoms with Gasteiger partial charge in [0.2, 0.25) is 5.91 Å². The number of carbonyl (C=O) groups is 2. The van der Waals surface area contributed by atoms with E-state index in [2.05, 4.69) is 36.1 Å². The molecule has 3 heterocycles. The van der Waals surface area contributed by atoms with E-state index in [1.807, 2.05) is 4.90 Å². The second kappa shape index (κ2) is 7.59. The molecule has 0 radical (unpaired) electrons. The highest BCUT2D eigenvalue weighted by Crippen LogP contribution is 2.34. The monoisotopic (exact) mass is 366 g/mol. The lowest BCUT2D eigenvalue weighted by molar-refractivity contribution is -0.137. The quantitative estimate of drug-likeness (QED) is 0.830. The second-order valence-electron chi connectivity index (χ2n) is 7.68. The molecule has 1 unspecified atom stereocenters. The number of nitrogens with zero attached hydrogens (tertiary/aromatic N) is 2. The van der Waals surface area contributed by atoms with Crippen molar-refractivity contribution in [1.29, 1.82) is 0 Å². The van der Waals surface area contributed by atoms with Gasteiger partial charge in [0.05, 0.1) is 17.9 Å². The van der Waals surface area contributed by atoms with E-state index < -0.39 is 0 Å². The van der Waals surface area contributed by atoms with Gasteiger partial charge in [0.1, 0.15) is 6.26 Å². The standard InChI is InChI=1S/C22H26N2O3/c1-16-4-6-17(7-5-16)20-3-2-11-24(20)22(26)18-8-12-23(13-9-18)21(25)19-10-14-27-15-19/h4-7,10,14-15,18,20H,2-3,8-9,11-13H2,1H3. The zero-order valence-corrected chi connectivity index (χ0v) is 15.8. The summed E-state index contributed by atoms with van der Waals surface area (Å²) >= 11 is 0. The molecule has 5 nitrogen and oxygen atoms in total. The Kier molecular flexibility index (Phi) is 5.01. The first-order chi connectivity index (χ1) is 13.1. The zero-order chi connectivity index (χ0) is 18.8. The maximum atomic E-state index is 13.2. The summed E-state index contributed by atoms with van der Waals surface area (Å²) in [5.41, 5.74) is 3.06. The summed E-state index contributed by atoms with van der Waals surface area (Å²) in [6.07, 6.45) is 6.56. The molecule has 4 rings (SSSR count). The van der Waals surface area contributed by atoms with Crippen molar-refractivity contribution >= 4 is 11.8 Å². The van der Waals surface area contributed by atoms with Gasteiger partial charge in [-0.2, -0.15) is 0 Å². The Morgan fingerprint density at radius 3 is 2.41 bits per heavy atom. The van der Waals surface area contributed by atoms with Gasteiger partial charge in [-0.3, -0.25) is 9.59 Å². The summed E-state index contributed by atoms with van der Waals surface area (Å²) in [7, 11) is 0. The molecule has 2 amide bonds. The molecule has 2 aliphatic heterocycles. The number of hydrogen-bond donors (Lipinski definition) is 0. The molecule has 2 aromatic rings. The van der Waals surface area contributed by atoms with Crippen LogP contribution in [0.5, 0.6) is 0 Å². The SMILES string of the molecule is Cc1ccc(C2CCCN2C(=O)C2CCN(C(=O)c3ccoc3)CC2)cc1. The highest BCUT2D eigenvalue weighted by Gasteiger charge is 2.36. The Labute approximate surface area is 159 Å². The molecule has 1 aromatic heterocycles. The third-order valence-corrected chi connectivity index (χ3v) is 5.90. The van der Waals surface area contributed by atoms with Crippen molar-refractivity contribution in [2.75, 3.05) is 19.6 Å². The van der Waals surface area contributed by atoms with Crippen molar-refractivity contribution < 1.29 is 14.0 Å². The topological polar surface area (TPSA) is 53.8 Å². The molecule has 1 aromatic carbocycles. The van der Waals surface area contributed by atoms with Crippen LogP contribution in [0, 0.1) is 12.8 Å². The zero-order valence-electron chi connectivity index (χ0n) is 15.8. The van der Waals surface area contributed by atoms with Crippen molar-refractivity contribution in [3.8, 4) is 0 Å². The fraction of sp³-hybridized carbons (Fsp3) is 0.455. The Morgan fingerprint density at radius 1 is 1.00 bits per heavy atom. The van der Waals surface area contributed by atoms with Gasteiger partial charge in [0.25, 0.3) is 5.91 Å². The lowest BCUT2D eigenvalue weighted by atomic mass is 9.94. The molecular weight excluding hydrogens is 340 g/mol. The lowest BCUT2D eigenvalue weighted by Gasteiger charge is -2.35. The molecule has 142 valence electrons. The van der Waals surface area contributed by atoms with Gasteiger partial charge < -0.3 is 14.2 Å². The number of aryl methyl sites for hydroxylation is 1. The Morgan fingerprint density at radius 2 is 1.74 bits per heavy atom. The van der Waals surface area contributed by atoms with Gasteiger partial charge in [-0.25, -0.2) is 0 Å².